The molecule has 1 aliphatic heterocycles. The first kappa shape index (κ1) is 14.1. The molecule has 21 heavy (non-hydrogen) atoms. The van der Waals surface area contributed by atoms with Crippen LogP contribution >= 0.6 is 11.3 Å². The Hall–Kier alpha value is -1.86. The highest BCUT2D eigenvalue weighted by Crippen LogP contribution is 2.28. The maximum absolute atomic E-state index is 13.6. The molecule has 1 aromatic heterocycles. The Balaban J connectivity index is 1.82. The van der Waals surface area contributed by atoms with E-state index in [4.69, 9.17) is 0 Å². The molecule has 0 saturated heterocycles. The Morgan fingerprint density at radius 2 is 2.10 bits per heavy atom. The standard InChI is InChI=1S/C14H13F2N3OS/c1-19-6-5-10-11(7-19)21-14(17-10)18-13(20)12-8(15)3-2-4-9(12)16/h2-4H,5-7H2,1H3,(H,17,18,20). The number of amides is 1. The van der Waals surface area contributed by atoms with Gasteiger partial charge in [-0.1, -0.05) is 6.07 Å². The minimum absolute atomic E-state index is 0.378. The van der Waals surface area contributed by atoms with Crippen molar-refractivity contribution < 1.29 is 13.6 Å². The molecule has 1 amide bonds. The molecule has 0 saturated carbocycles. The van der Waals surface area contributed by atoms with Gasteiger partial charge < -0.3 is 4.90 Å². The maximum atomic E-state index is 13.6. The molecule has 0 fully saturated rings. The summed E-state index contributed by atoms with van der Waals surface area (Å²) in [6.45, 7) is 1.68. The summed E-state index contributed by atoms with van der Waals surface area (Å²) in [5.41, 5.74) is 0.366. The molecule has 0 bridgehead atoms. The minimum atomic E-state index is -0.881. The number of benzene rings is 1. The highest BCUT2D eigenvalue weighted by molar-refractivity contribution is 7.15. The second-order valence-electron chi connectivity index (χ2n) is 4.93. The summed E-state index contributed by atoms with van der Waals surface area (Å²) in [5.74, 6) is -2.58. The van der Waals surface area contributed by atoms with Gasteiger partial charge in [0.05, 0.1) is 5.69 Å². The van der Waals surface area contributed by atoms with Crippen molar-refractivity contribution in [3.05, 3.63) is 46.0 Å². The van der Waals surface area contributed by atoms with Crippen LogP contribution < -0.4 is 5.32 Å². The number of nitrogens with one attached hydrogen (secondary N) is 1. The fraction of sp³-hybridized carbons (Fsp3) is 0.286. The monoisotopic (exact) mass is 309 g/mol. The number of carbonyl (C=O) groups excluding carboxylic acids is 1. The van der Waals surface area contributed by atoms with Gasteiger partial charge in [-0.2, -0.15) is 0 Å². The predicted octanol–water partition coefficient (Wildman–Crippen LogP) is 2.66. The third kappa shape index (κ3) is 2.79. The van der Waals surface area contributed by atoms with Crippen molar-refractivity contribution in [2.75, 3.05) is 18.9 Å². The van der Waals surface area contributed by atoms with Crippen LogP contribution in [0, 0.1) is 11.6 Å². The molecule has 1 N–H and O–H groups in total. The SMILES string of the molecule is CN1CCc2nc(NC(=O)c3c(F)cccc3F)sc2C1. The number of carbonyl (C=O) groups is 1. The number of likely N-dealkylation sites (N-methyl/N-ethyl adjacent to an activating group) is 1. The maximum Gasteiger partial charge on any atom is 0.263 e. The summed E-state index contributed by atoms with van der Waals surface area (Å²) in [5, 5.41) is 2.86. The Morgan fingerprint density at radius 3 is 2.81 bits per heavy atom. The minimum Gasteiger partial charge on any atom is -0.301 e. The van der Waals surface area contributed by atoms with E-state index in [0.29, 0.717) is 5.13 Å². The quantitative estimate of drug-likeness (QED) is 0.927. The Labute approximate surface area is 124 Å². The largest absolute Gasteiger partial charge is 0.301 e. The van der Waals surface area contributed by atoms with E-state index in [2.05, 4.69) is 15.2 Å². The van der Waals surface area contributed by atoms with E-state index in [-0.39, 0.29) is 0 Å². The van der Waals surface area contributed by atoms with Crippen molar-refractivity contribution in [3.8, 4) is 0 Å². The van der Waals surface area contributed by atoms with Crippen LogP contribution in [-0.4, -0.2) is 29.4 Å². The first-order valence-electron chi connectivity index (χ1n) is 6.47. The van der Waals surface area contributed by atoms with Gasteiger partial charge in [0.1, 0.15) is 17.2 Å². The summed E-state index contributed by atoms with van der Waals surface area (Å²) in [6.07, 6.45) is 0.812. The molecular formula is C14H13F2N3OS. The molecule has 4 nitrogen and oxygen atoms in total. The van der Waals surface area contributed by atoms with Crippen LogP contribution in [0.5, 0.6) is 0 Å². The van der Waals surface area contributed by atoms with Gasteiger partial charge in [0.2, 0.25) is 0 Å². The number of nitrogens with zero attached hydrogens (tertiary/aromatic N) is 2. The number of halogens is 2. The topological polar surface area (TPSA) is 45.2 Å². The molecule has 2 heterocycles. The number of rotatable bonds is 2. The Kier molecular flexibility index (Phi) is 3.69. The molecule has 3 rings (SSSR count). The van der Waals surface area contributed by atoms with Gasteiger partial charge in [0.25, 0.3) is 5.91 Å². The molecule has 0 atom stereocenters. The van der Waals surface area contributed by atoms with Crippen molar-refractivity contribution in [1.82, 2.24) is 9.88 Å². The highest BCUT2D eigenvalue weighted by Gasteiger charge is 2.21. The Morgan fingerprint density at radius 1 is 1.38 bits per heavy atom. The zero-order chi connectivity index (χ0) is 15.0. The number of anilines is 1. The van der Waals surface area contributed by atoms with E-state index in [1.165, 1.54) is 17.4 Å². The first-order chi connectivity index (χ1) is 10.0. The Bertz CT molecular complexity index is 681. The fourth-order valence-electron chi connectivity index (χ4n) is 2.25. The van der Waals surface area contributed by atoms with Crippen LogP contribution in [0.2, 0.25) is 0 Å². The number of aromatic nitrogens is 1. The first-order valence-corrected chi connectivity index (χ1v) is 7.28. The third-order valence-electron chi connectivity index (χ3n) is 3.33. The zero-order valence-electron chi connectivity index (χ0n) is 11.3. The predicted molar refractivity (Wildman–Crippen MR) is 76.5 cm³/mol. The van der Waals surface area contributed by atoms with Crippen molar-refractivity contribution in [1.29, 1.82) is 0 Å². The molecule has 0 aliphatic carbocycles. The average molecular weight is 309 g/mol. The van der Waals surface area contributed by atoms with E-state index >= 15 is 0 Å². The molecule has 2 aromatic rings. The van der Waals surface area contributed by atoms with E-state index in [1.807, 2.05) is 7.05 Å². The lowest BCUT2D eigenvalue weighted by Crippen LogP contribution is -2.25. The molecule has 0 radical (unpaired) electrons. The molecule has 110 valence electrons. The van der Waals surface area contributed by atoms with Gasteiger partial charge in [-0.05, 0) is 19.2 Å². The molecule has 7 heteroatoms. The zero-order valence-corrected chi connectivity index (χ0v) is 12.1. The van der Waals surface area contributed by atoms with Crippen molar-refractivity contribution >= 4 is 22.4 Å². The van der Waals surface area contributed by atoms with Gasteiger partial charge in [0.15, 0.2) is 5.13 Å². The summed E-state index contributed by atoms with van der Waals surface area (Å²) in [6, 6.07) is 3.33. The molecular weight excluding hydrogens is 296 g/mol. The van der Waals surface area contributed by atoms with Gasteiger partial charge in [0, 0.05) is 24.4 Å². The van der Waals surface area contributed by atoms with Crippen LogP contribution in [0.25, 0.3) is 0 Å². The van der Waals surface area contributed by atoms with E-state index < -0.39 is 23.1 Å². The number of hydrogen-bond acceptors (Lipinski definition) is 4. The van der Waals surface area contributed by atoms with Crippen LogP contribution in [0.1, 0.15) is 20.9 Å². The van der Waals surface area contributed by atoms with Crippen LogP contribution in [-0.2, 0) is 13.0 Å². The second kappa shape index (κ2) is 5.50. The smallest absolute Gasteiger partial charge is 0.263 e. The summed E-state index contributed by atoms with van der Waals surface area (Å²) in [7, 11) is 2.01. The average Bonchev–Trinajstić information content (AvgIpc) is 2.79. The van der Waals surface area contributed by atoms with Crippen LogP contribution in [0.3, 0.4) is 0 Å². The van der Waals surface area contributed by atoms with Gasteiger partial charge >= 0.3 is 0 Å². The number of hydrogen-bond donors (Lipinski definition) is 1. The molecule has 1 aromatic carbocycles. The summed E-state index contributed by atoms with van der Waals surface area (Å²) < 4.78 is 27.1. The van der Waals surface area contributed by atoms with Gasteiger partial charge in [-0.3, -0.25) is 10.1 Å². The highest BCUT2D eigenvalue weighted by atomic mass is 32.1. The van der Waals surface area contributed by atoms with Crippen molar-refractivity contribution in [2.24, 2.45) is 0 Å². The van der Waals surface area contributed by atoms with Gasteiger partial charge in [-0.15, -0.1) is 11.3 Å². The normalized spacial score (nSPS) is 14.8. The lowest BCUT2D eigenvalue weighted by Gasteiger charge is -2.20. The van der Waals surface area contributed by atoms with E-state index in [1.54, 1.807) is 0 Å². The molecule has 0 unspecified atom stereocenters. The molecule has 1 aliphatic rings. The van der Waals surface area contributed by atoms with Crippen molar-refractivity contribution in [2.45, 2.75) is 13.0 Å². The van der Waals surface area contributed by atoms with Gasteiger partial charge in [-0.25, -0.2) is 13.8 Å². The van der Waals surface area contributed by atoms with E-state index in [0.717, 1.165) is 42.2 Å². The summed E-state index contributed by atoms with van der Waals surface area (Å²) >= 11 is 1.34. The lowest BCUT2D eigenvalue weighted by atomic mass is 10.2. The number of thiazole rings is 1. The molecule has 0 spiro atoms. The number of fused-ring (bicyclic) bond motifs is 1. The van der Waals surface area contributed by atoms with Crippen LogP contribution in [0.4, 0.5) is 13.9 Å². The van der Waals surface area contributed by atoms with Crippen LogP contribution in [0.15, 0.2) is 18.2 Å². The lowest BCUT2D eigenvalue weighted by molar-refractivity contribution is 0.101. The van der Waals surface area contributed by atoms with E-state index in [9.17, 15) is 13.6 Å². The fourth-order valence-corrected chi connectivity index (χ4v) is 3.33. The van der Waals surface area contributed by atoms with Crippen molar-refractivity contribution in [3.63, 3.8) is 0 Å². The second-order valence-corrected chi connectivity index (χ2v) is 6.01. The summed E-state index contributed by atoms with van der Waals surface area (Å²) in [4.78, 5) is 19.6. The third-order valence-corrected chi connectivity index (χ3v) is 4.33.